The monoisotopic (exact) mass is 528 g/mol. The Kier molecular flexibility index (Phi) is 9.57. The van der Waals surface area contributed by atoms with Crippen LogP contribution in [0.5, 0.6) is 5.75 Å². The van der Waals surface area contributed by atoms with Gasteiger partial charge >= 0.3 is 0 Å². The highest BCUT2D eigenvalue weighted by Gasteiger charge is 2.30. The Morgan fingerprint density at radius 3 is 2.38 bits per heavy atom. The van der Waals surface area contributed by atoms with Gasteiger partial charge in [0.05, 0.1) is 0 Å². The standard InChI is InChI=1S/C28H37BrN2O3/c1-5-25(28(33)30-23-12-7-6-8-13-23)31(17-22-11-9-10-19(2)14-22)26(32)18-34-24-15-20(3)27(29)21(4)16-24/h9-11,14-16,23,25H,5-8,12-13,17-18H2,1-4H3,(H,30,33)/t25-/m1/s1. The van der Waals surface area contributed by atoms with Crippen LogP contribution in [0.3, 0.4) is 0 Å². The first kappa shape index (κ1) is 26.3. The second kappa shape index (κ2) is 12.4. The lowest BCUT2D eigenvalue weighted by Gasteiger charge is -2.32. The predicted octanol–water partition coefficient (Wildman–Crippen LogP) is 6.01. The molecule has 2 aromatic carbocycles. The fourth-order valence-corrected chi connectivity index (χ4v) is 4.92. The van der Waals surface area contributed by atoms with Gasteiger partial charge in [0.15, 0.2) is 6.61 Å². The number of ether oxygens (including phenoxy) is 1. The SMILES string of the molecule is CC[C@H](C(=O)NC1CCCCC1)N(Cc1cccc(C)c1)C(=O)COc1cc(C)c(Br)c(C)c1. The van der Waals surface area contributed by atoms with Gasteiger partial charge in [0.1, 0.15) is 11.8 Å². The van der Waals surface area contributed by atoms with Crippen LogP contribution in [0.4, 0.5) is 0 Å². The van der Waals surface area contributed by atoms with Gasteiger partial charge in [-0.15, -0.1) is 0 Å². The summed E-state index contributed by atoms with van der Waals surface area (Å²) in [5, 5.41) is 3.22. The number of nitrogens with one attached hydrogen (secondary N) is 1. The zero-order valence-electron chi connectivity index (χ0n) is 20.8. The van der Waals surface area contributed by atoms with Gasteiger partial charge in [0.2, 0.25) is 5.91 Å². The number of hydrogen-bond donors (Lipinski definition) is 1. The number of carbonyl (C=O) groups excluding carboxylic acids is 2. The second-order valence-corrected chi connectivity index (χ2v) is 10.2. The van der Waals surface area contributed by atoms with E-state index in [4.69, 9.17) is 4.74 Å². The quantitative estimate of drug-likeness (QED) is 0.433. The molecular formula is C28H37BrN2O3. The number of aryl methyl sites for hydroxylation is 3. The average molecular weight is 530 g/mol. The van der Waals surface area contributed by atoms with Crippen molar-refractivity contribution in [2.24, 2.45) is 0 Å². The van der Waals surface area contributed by atoms with Gasteiger partial charge < -0.3 is 15.0 Å². The molecule has 2 aromatic rings. The van der Waals surface area contributed by atoms with E-state index in [9.17, 15) is 9.59 Å². The van der Waals surface area contributed by atoms with Crippen LogP contribution in [-0.2, 0) is 16.1 Å². The van der Waals surface area contributed by atoms with Crippen molar-refractivity contribution in [3.05, 3.63) is 63.1 Å². The van der Waals surface area contributed by atoms with Crippen molar-refractivity contribution in [3.8, 4) is 5.75 Å². The lowest BCUT2D eigenvalue weighted by Crippen LogP contribution is -2.52. The van der Waals surface area contributed by atoms with Crippen LogP contribution >= 0.6 is 15.9 Å². The molecule has 2 amide bonds. The molecule has 3 rings (SSSR count). The summed E-state index contributed by atoms with van der Waals surface area (Å²) in [6, 6.07) is 11.6. The number of nitrogens with zero attached hydrogens (tertiary/aromatic N) is 1. The molecule has 1 saturated carbocycles. The van der Waals surface area contributed by atoms with Gasteiger partial charge in [-0.2, -0.15) is 0 Å². The van der Waals surface area contributed by atoms with E-state index < -0.39 is 6.04 Å². The largest absolute Gasteiger partial charge is 0.484 e. The predicted molar refractivity (Wildman–Crippen MR) is 140 cm³/mol. The lowest BCUT2D eigenvalue weighted by molar-refractivity contribution is -0.143. The molecule has 1 aliphatic rings. The molecular weight excluding hydrogens is 492 g/mol. The number of rotatable bonds is 9. The normalized spacial score (nSPS) is 15.0. The highest BCUT2D eigenvalue weighted by Crippen LogP contribution is 2.26. The molecule has 1 atom stereocenters. The van der Waals surface area contributed by atoms with Crippen molar-refractivity contribution in [3.63, 3.8) is 0 Å². The molecule has 184 valence electrons. The van der Waals surface area contributed by atoms with Gasteiger partial charge in [-0.1, -0.05) is 71.9 Å². The van der Waals surface area contributed by atoms with Crippen molar-refractivity contribution in [2.75, 3.05) is 6.61 Å². The topological polar surface area (TPSA) is 58.6 Å². The number of carbonyl (C=O) groups is 2. The van der Waals surface area contributed by atoms with Crippen molar-refractivity contribution in [1.82, 2.24) is 10.2 Å². The maximum atomic E-state index is 13.5. The molecule has 5 nitrogen and oxygen atoms in total. The lowest BCUT2D eigenvalue weighted by atomic mass is 9.95. The van der Waals surface area contributed by atoms with Gasteiger partial charge in [-0.3, -0.25) is 9.59 Å². The third-order valence-electron chi connectivity index (χ3n) is 6.55. The van der Waals surface area contributed by atoms with Gasteiger partial charge in [0.25, 0.3) is 5.91 Å². The molecule has 0 saturated heterocycles. The molecule has 0 bridgehead atoms. The van der Waals surface area contributed by atoms with E-state index in [1.165, 1.54) is 6.42 Å². The van der Waals surface area contributed by atoms with E-state index in [1.807, 2.05) is 58.0 Å². The molecule has 0 unspecified atom stereocenters. The second-order valence-electron chi connectivity index (χ2n) is 9.44. The maximum Gasteiger partial charge on any atom is 0.261 e. The number of halogens is 1. The smallest absolute Gasteiger partial charge is 0.261 e. The Morgan fingerprint density at radius 2 is 1.76 bits per heavy atom. The highest BCUT2D eigenvalue weighted by atomic mass is 79.9. The Labute approximate surface area is 212 Å². The third kappa shape index (κ3) is 7.08. The van der Waals surface area contributed by atoms with Crippen molar-refractivity contribution in [1.29, 1.82) is 0 Å². The maximum absolute atomic E-state index is 13.5. The summed E-state index contributed by atoms with van der Waals surface area (Å²) < 4.78 is 6.95. The van der Waals surface area contributed by atoms with E-state index in [0.29, 0.717) is 18.7 Å². The molecule has 6 heteroatoms. The first-order valence-corrected chi connectivity index (χ1v) is 13.1. The Bertz CT molecular complexity index is 978. The molecule has 1 aliphatic carbocycles. The fraction of sp³-hybridized carbons (Fsp3) is 0.500. The summed E-state index contributed by atoms with van der Waals surface area (Å²) in [7, 11) is 0. The van der Waals surface area contributed by atoms with Crippen LogP contribution in [0.25, 0.3) is 0 Å². The molecule has 34 heavy (non-hydrogen) atoms. The summed E-state index contributed by atoms with van der Waals surface area (Å²) in [6.45, 7) is 8.25. The van der Waals surface area contributed by atoms with Gasteiger partial charge in [0, 0.05) is 17.1 Å². The number of benzene rings is 2. The first-order chi connectivity index (χ1) is 16.3. The van der Waals surface area contributed by atoms with E-state index in [-0.39, 0.29) is 24.5 Å². The molecule has 1 N–H and O–H groups in total. The van der Waals surface area contributed by atoms with E-state index >= 15 is 0 Å². The third-order valence-corrected chi connectivity index (χ3v) is 7.80. The summed E-state index contributed by atoms with van der Waals surface area (Å²) in [4.78, 5) is 28.4. The summed E-state index contributed by atoms with van der Waals surface area (Å²) in [5.74, 6) is 0.401. The molecule has 0 radical (unpaired) electrons. The minimum atomic E-state index is -0.535. The summed E-state index contributed by atoms with van der Waals surface area (Å²) >= 11 is 3.57. The minimum absolute atomic E-state index is 0.0641. The Hall–Kier alpha value is -2.34. The van der Waals surface area contributed by atoms with Crippen molar-refractivity contribution in [2.45, 2.75) is 84.8 Å². The van der Waals surface area contributed by atoms with Crippen molar-refractivity contribution >= 4 is 27.7 Å². The van der Waals surface area contributed by atoms with E-state index in [1.54, 1.807) is 4.90 Å². The van der Waals surface area contributed by atoms with Crippen LogP contribution in [0.2, 0.25) is 0 Å². The number of amides is 2. The van der Waals surface area contributed by atoms with Gasteiger partial charge in [-0.25, -0.2) is 0 Å². The molecule has 0 aliphatic heterocycles. The van der Waals surface area contributed by atoms with Gasteiger partial charge in [-0.05, 0) is 68.9 Å². The summed E-state index contributed by atoms with van der Waals surface area (Å²) in [6.07, 6.45) is 6.10. The molecule has 1 fully saturated rings. The van der Waals surface area contributed by atoms with Crippen LogP contribution < -0.4 is 10.1 Å². The van der Waals surface area contributed by atoms with Crippen LogP contribution in [0.15, 0.2) is 40.9 Å². The van der Waals surface area contributed by atoms with Crippen LogP contribution in [0.1, 0.15) is 67.7 Å². The minimum Gasteiger partial charge on any atom is -0.484 e. The molecule has 0 aromatic heterocycles. The highest BCUT2D eigenvalue weighted by molar-refractivity contribution is 9.10. The molecule has 0 spiro atoms. The average Bonchev–Trinajstić information content (AvgIpc) is 2.81. The first-order valence-electron chi connectivity index (χ1n) is 12.3. The zero-order valence-corrected chi connectivity index (χ0v) is 22.4. The van der Waals surface area contributed by atoms with Crippen molar-refractivity contribution < 1.29 is 14.3 Å². The van der Waals surface area contributed by atoms with Crippen LogP contribution in [-0.4, -0.2) is 35.4 Å². The number of hydrogen-bond acceptors (Lipinski definition) is 3. The Morgan fingerprint density at radius 1 is 1.09 bits per heavy atom. The van der Waals surface area contributed by atoms with E-state index in [2.05, 4.69) is 27.3 Å². The fourth-order valence-electron chi connectivity index (χ4n) is 4.69. The van der Waals surface area contributed by atoms with Crippen LogP contribution in [0, 0.1) is 20.8 Å². The Balaban J connectivity index is 1.78. The zero-order chi connectivity index (χ0) is 24.7. The summed E-state index contributed by atoms with van der Waals surface area (Å²) in [5.41, 5.74) is 4.24. The van der Waals surface area contributed by atoms with E-state index in [0.717, 1.165) is 52.4 Å². The molecule has 0 heterocycles.